The Morgan fingerprint density at radius 2 is 1.96 bits per heavy atom. The second kappa shape index (κ2) is 10.4. The highest BCUT2D eigenvalue weighted by Crippen LogP contribution is 2.52. The van der Waals surface area contributed by atoms with Gasteiger partial charge in [0.25, 0.3) is 0 Å². The second-order valence-corrected chi connectivity index (χ2v) is 8.52. The van der Waals surface area contributed by atoms with Crippen LogP contribution in [0.5, 0.6) is 0 Å². The normalized spacial score (nSPS) is 29.3. The Bertz CT molecular complexity index is 552. The van der Waals surface area contributed by atoms with E-state index in [0.29, 0.717) is 18.1 Å². The molecule has 2 heterocycles. The van der Waals surface area contributed by atoms with E-state index in [0.717, 1.165) is 58.4 Å². The minimum absolute atomic E-state index is 0. The van der Waals surface area contributed by atoms with E-state index in [9.17, 15) is 4.79 Å². The highest BCUT2D eigenvalue weighted by atomic mass is 127. The molecule has 1 saturated carbocycles. The van der Waals surface area contributed by atoms with Gasteiger partial charge in [-0.15, -0.1) is 24.0 Å². The summed E-state index contributed by atoms with van der Waals surface area (Å²) in [4.78, 5) is 20.5. The summed E-state index contributed by atoms with van der Waals surface area (Å²) in [6.07, 6.45) is 1.41. The molecule has 28 heavy (non-hydrogen) atoms. The lowest BCUT2D eigenvalue weighted by atomic mass is 9.57. The average molecular weight is 509 g/mol. The molecule has 3 unspecified atom stereocenters. The van der Waals surface area contributed by atoms with Crippen LogP contribution in [-0.2, 0) is 14.3 Å². The Kier molecular flexibility index (Phi) is 8.78. The van der Waals surface area contributed by atoms with Crippen molar-refractivity contribution in [1.29, 1.82) is 0 Å². The number of morpholine rings is 1. The van der Waals surface area contributed by atoms with E-state index in [1.807, 2.05) is 0 Å². The first-order chi connectivity index (χ1) is 12.9. The van der Waals surface area contributed by atoms with Crippen molar-refractivity contribution in [2.75, 3.05) is 66.6 Å². The highest BCUT2D eigenvalue weighted by molar-refractivity contribution is 14.0. The van der Waals surface area contributed by atoms with Gasteiger partial charge in [-0.2, -0.15) is 0 Å². The summed E-state index contributed by atoms with van der Waals surface area (Å²) >= 11 is 0. The van der Waals surface area contributed by atoms with Crippen molar-refractivity contribution >= 4 is 35.8 Å². The number of guanidine groups is 1. The zero-order valence-corrected chi connectivity index (χ0v) is 19.9. The summed E-state index contributed by atoms with van der Waals surface area (Å²) in [7, 11) is 3.51. The number of likely N-dealkylation sites (N-methyl/N-ethyl adjacent to an activating group) is 1. The number of carbonyl (C=O) groups is 1. The molecule has 1 aliphatic carbocycles. The third kappa shape index (κ3) is 5.48. The zero-order valence-electron chi connectivity index (χ0n) is 17.6. The summed E-state index contributed by atoms with van der Waals surface area (Å²) in [5.74, 6) is 1.25. The quantitative estimate of drug-likeness (QED) is 0.306. The van der Waals surface area contributed by atoms with E-state index in [4.69, 9.17) is 9.47 Å². The van der Waals surface area contributed by atoms with Gasteiger partial charge in [0.1, 0.15) is 6.54 Å². The number of amides is 1. The molecular formula is C19H36IN5O3. The molecule has 0 aromatic carbocycles. The first-order valence-corrected chi connectivity index (χ1v) is 10.1. The number of nitrogens with zero attached hydrogens (tertiary/aromatic N) is 3. The largest absolute Gasteiger partial charge is 0.379 e. The molecule has 3 aliphatic rings. The second-order valence-electron chi connectivity index (χ2n) is 8.52. The Morgan fingerprint density at radius 3 is 2.64 bits per heavy atom. The topological polar surface area (TPSA) is 78.4 Å². The van der Waals surface area contributed by atoms with Gasteiger partial charge in [0.05, 0.1) is 19.3 Å². The van der Waals surface area contributed by atoms with Crippen molar-refractivity contribution in [3.05, 3.63) is 0 Å². The van der Waals surface area contributed by atoms with Gasteiger partial charge in [0.15, 0.2) is 5.96 Å². The summed E-state index contributed by atoms with van der Waals surface area (Å²) in [5, 5.41) is 7.02. The lowest BCUT2D eigenvalue weighted by molar-refractivity contribution is -0.127. The Labute approximate surface area is 185 Å². The molecule has 0 bridgehead atoms. The van der Waals surface area contributed by atoms with Crippen LogP contribution in [0.25, 0.3) is 0 Å². The first-order valence-electron chi connectivity index (χ1n) is 10.1. The molecule has 0 radical (unpaired) electrons. The number of nitrogens with one attached hydrogen (secondary N) is 2. The minimum Gasteiger partial charge on any atom is -0.379 e. The van der Waals surface area contributed by atoms with Crippen molar-refractivity contribution in [2.45, 2.75) is 32.4 Å². The fourth-order valence-corrected chi connectivity index (χ4v) is 4.36. The van der Waals surface area contributed by atoms with Gasteiger partial charge < -0.3 is 25.0 Å². The maximum atomic E-state index is 12.0. The van der Waals surface area contributed by atoms with Gasteiger partial charge in [0.2, 0.25) is 5.91 Å². The van der Waals surface area contributed by atoms with Crippen LogP contribution in [0, 0.1) is 11.3 Å². The van der Waals surface area contributed by atoms with Crippen LogP contribution in [0.2, 0.25) is 0 Å². The number of hydrogen-bond donors (Lipinski definition) is 2. The van der Waals surface area contributed by atoms with Crippen molar-refractivity contribution in [3.63, 3.8) is 0 Å². The molecule has 162 valence electrons. The molecule has 0 aromatic rings. The van der Waals surface area contributed by atoms with Crippen molar-refractivity contribution in [2.24, 2.45) is 16.3 Å². The number of aliphatic imine (C=N–C) groups is 1. The van der Waals surface area contributed by atoms with E-state index in [1.165, 1.54) is 0 Å². The zero-order chi connectivity index (χ0) is 19.4. The molecule has 3 fully saturated rings. The molecule has 1 amide bonds. The van der Waals surface area contributed by atoms with Crippen LogP contribution in [0.15, 0.2) is 4.99 Å². The number of ether oxygens (including phenoxy) is 2. The van der Waals surface area contributed by atoms with Crippen LogP contribution in [-0.4, -0.2) is 100 Å². The van der Waals surface area contributed by atoms with Gasteiger partial charge in [-0.05, 0) is 6.42 Å². The van der Waals surface area contributed by atoms with E-state index in [2.05, 4.69) is 34.4 Å². The molecule has 2 N–H and O–H groups in total. The third-order valence-corrected chi connectivity index (χ3v) is 6.09. The van der Waals surface area contributed by atoms with Gasteiger partial charge in [-0.3, -0.25) is 9.69 Å². The monoisotopic (exact) mass is 509 g/mol. The average Bonchev–Trinajstić information content (AvgIpc) is 3.11. The van der Waals surface area contributed by atoms with Crippen molar-refractivity contribution < 1.29 is 14.3 Å². The fraction of sp³-hybridized carbons (Fsp3) is 0.895. The number of fused-ring (bicyclic) bond motifs is 1. The molecule has 3 atom stereocenters. The third-order valence-electron chi connectivity index (χ3n) is 6.09. The van der Waals surface area contributed by atoms with Crippen molar-refractivity contribution in [1.82, 2.24) is 20.4 Å². The molecule has 8 nitrogen and oxygen atoms in total. The Balaban J connectivity index is 0.00000280. The van der Waals surface area contributed by atoms with Gasteiger partial charge in [-0.1, -0.05) is 13.8 Å². The lowest BCUT2D eigenvalue weighted by Crippen LogP contribution is -2.68. The van der Waals surface area contributed by atoms with Crippen molar-refractivity contribution in [3.8, 4) is 0 Å². The summed E-state index contributed by atoms with van der Waals surface area (Å²) < 4.78 is 11.3. The smallest absolute Gasteiger partial charge is 0.243 e. The summed E-state index contributed by atoms with van der Waals surface area (Å²) in [6.45, 7) is 10.8. The van der Waals surface area contributed by atoms with Crippen LogP contribution >= 0.6 is 24.0 Å². The molecule has 3 rings (SSSR count). The van der Waals surface area contributed by atoms with Crippen LogP contribution in [0.3, 0.4) is 0 Å². The fourth-order valence-electron chi connectivity index (χ4n) is 4.36. The maximum Gasteiger partial charge on any atom is 0.243 e. The standard InChI is InChI=1S/C19H35N5O3.HI/c1-19(2)16(14-5-10-27-17(14)19)22-18(21-13-15(25)23(3)4)20-6-7-24-8-11-26-12-9-24;/h14,16-17H,5-13H2,1-4H3,(H2,20,21,22);1H. The predicted octanol–water partition coefficient (Wildman–Crippen LogP) is 0.374. The first kappa shape index (κ1) is 23.6. The summed E-state index contributed by atoms with van der Waals surface area (Å²) in [6, 6.07) is 0.314. The van der Waals surface area contributed by atoms with E-state index in [1.54, 1.807) is 19.0 Å². The molecule has 9 heteroatoms. The van der Waals surface area contributed by atoms with E-state index < -0.39 is 0 Å². The Morgan fingerprint density at radius 1 is 1.25 bits per heavy atom. The predicted molar refractivity (Wildman–Crippen MR) is 120 cm³/mol. The number of carbonyl (C=O) groups excluding carboxylic acids is 1. The van der Waals surface area contributed by atoms with E-state index >= 15 is 0 Å². The van der Waals surface area contributed by atoms with Gasteiger partial charge in [-0.25, -0.2) is 4.99 Å². The van der Waals surface area contributed by atoms with Gasteiger partial charge in [0, 0.05) is 64.3 Å². The molecule has 2 aliphatic heterocycles. The van der Waals surface area contributed by atoms with Crippen LogP contribution in [0.1, 0.15) is 20.3 Å². The molecular weight excluding hydrogens is 473 g/mol. The number of hydrogen-bond acceptors (Lipinski definition) is 5. The number of halogens is 1. The summed E-state index contributed by atoms with van der Waals surface area (Å²) in [5.41, 5.74) is 0.0688. The van der Waals surface area contributed by atoms with Gasteiger partial charge >= 0.3 is 0 Å². The van der Waals surface area contributed by atoms with Crippen LogP contribution in [0.4, 0.5) is 0 Å². The van der Waals surface area contributed by atoms with Crippen LogP contribution < -0.4 is 10.6 Å². The molecule has 2 saturated heterocycles. The molecule has 0 aromatic heterocycles. The number of rotatable bonds is 6. The highest BCUT2D eigenvalue weighted by Gasteiger charge is 2.59. The Hall–Kier alpha value is -0.650. The SMILES string of the molecule is CN(C)C(=O)CN=C(NCCN1CCOCC1)NC1C2CCOC2C1(C)C.I. The lowest BCUT2D eigenvalue weighted by Gasteiger charge is -2.55. The maximum absolute atomic E-state index is 12.0. The molecule has 0 spiro atoms. The minimum atomic E-state index is -0.000717. The van der Waals surface area contributed by atoms with E-state index in [-0.39, 0.29) is 41.8 Å².